The number of alkyl halides is 3. The van der Waals surface area contributed by atoms with E-state index in [1.807, 2.05) is 13.8 Å². The van der Waals surface area contributed by atoms with E-state index >= 15 is 0 Å². The number of halogens is 3. The van der Waals surface area contributed by atoms with E-state index in [-0.39, 0.29) is 17.9 Å². The van der Waals surface area contributed by atoms with Crippen LogP contribution in [0.5, 0.6) is 0 Å². The van der Waals surface area contributed by atoms with Crippen molar-refractivity contribution in [2.24, 2.45) is 5.92 Å². The second-order valence-corrected chi connectivity index (χ2v) is 6.41. The van der Waals surface area contributed by atoms with Gasteiger partial charge >= 0.3 is 6.18 Å². The van der Waals surface area contributed by atoms with Crippen molar-refractivity contribution < 1.29 is 18.0 Å². The summed E-state index contributed by atoms with van der Waals surface area (Å²) >= 11 is 0. The Bertz CT molecular complexity index is 537. The van der Waals surface area contributed by atoms with Crippen LogP contribution in [0.15, 0.2) is 24.3 Å². The largest absolute Gasteiger partial charge is 0.416 e. The van der Waals surface area contributed by atoms with Crippen LogP contribution in [0.4, 0.5) is 13.2 Å². The molecule has 0 saturated carbocycles. The van der Waals surface area contributed by atoms with Gasteiger partial charge < -0.3 is 10.6 Å². The Morgan fingerprint density at radius 1 is 1.39 bits per heavy atom. The Morgan fingerprint density at radius 3 is 2.70 bits per heavy atom. The van der Waals surface area contributed by atoms with Gasteiger partial charge in [0.1, 0.15) is 0 Å². The monoisotopic (exact) mass is 328 g/mol. The summed E-state index contributed by atoms with van der Waals surface area (Å²) in [5.74, 6) is -0.125. The van der Waals surface area contributed by atoms with Gasteiger partial charge in [-0.1, -0.05) is 26.0 Å². The molecular weight excluding hydrogens is 305 g/mol. The summed E-state index contributed by atoms with van der Waals surface area (Å²) in [5, 5.41) is 6.14. The van der Waals surface area contributed by atoms with E-state index in [2.05, 4.69) is 10.6 Å². The molecule has 2 N–H and O–H groups in total. The van der Waals surface area contributed by atoms with Crippen LogP contribution in [-0.4, -0.2) is 18.5 Å². The Hall–Kier alpha value is -1.56. The summed E-state index contributed by atoms with van der Waals surface area (Å²) in [7, 11) is 0. The minimum atomic E-state index is -4.38. The number of carbonyl (C=O) groups excluding carboxylic acids is 1. The van der Waals surface area contributed by atoms with E-state index < -0.39 is 17.8 Å². The minimum absolute atomic E-state index is 0.000953. The van der Waals surface area contributed by atoms with Gasteiger partial charge in [-0.15, -0.1) is 0 Å². The summed E-state index contributed by atoms with van der Waals surface area (Å²) in [5.41, 5.74) is -0.199. The van der Waals surface area contributed by atoms with Gasteiger partial charge in [0.2, 0.25) is 5.91 Å². The third kappa shape index (κ3) is 4.96. The van der Waals surface area contributed by atoms with Gasteiger partial charge in [-0.2, -0.15) is 13.2 Å². The van der Waals surface area contributed by atoms with Crippen LogP contribution in [0.25, 0.3) is 0 Å². The minimum Gasteiger partial charge on any atom is -0.349 e. The molecule has 128 valence electrons. The summed E-state index contributed by atoms with van der Waals surface area (Å²) in [4.78, 5) is 12.2. The molecule has 0 radical (unpaired) electrons. The molecule has 6 heteroatoms. The van der Waals surface area contributed by atoms with E-state index in [0.29, 0.717) is 12.0 Å². The highest BCUT2D eigenvalue weighted by molar-refractivity contribution is 5.77. The summed E-state index contributed by atoms with van der Waals surface area (Å²) in [6.07, 6.45) is -2.00. The van der Waals surface area contributed by atoms with E-state index in [1.165, 1.54) is 6.07 Å². The smallest absolute Gasteiger partial charge is 0.349 e. The fourth-order valence-electron chi connectivity index (χ4n) is 2.93. The highest BCUT2D eigenvalue weighted by Gasteiger charge is 2.31. The molecule has 1 aromatic carbocycles. The van der Waals surface area contributed by atoms with Gasteiger partial charge in [0.05, 0.1) is 11.6 Å². The Balaban J connectivity index is 2.10. The van der Waals surface area contributed by atoms with Crippen molar-refractivity contribution >= 4 is 5.91 Å². The van der Waals surface area contributed by atoms with Crippen molar-refractivity contribution in [3.63, 3.8) is 0 Å². The van der Waals surface area contributed by atoms with Crippen LogP contribution in [0.3, 0.4) is 0 Å². The molecule has 1 saturated heterocycles. The first-order valence-corrected chi connectivity index (χ1v) is 7.97. The number of hydrogen-bond donors (Lipinski definition) is 2. The van der Waals surface area contributed by atoms with E-state index in [0.717, 1.165) is 31.5 Å². The third-order valence-corrected chi connectivity index (χ3v) is 4.15. The zero-order valence-electron chi connectivity index (χ0n) is 13.4. The molecule has 2 atom stereocenters. The number of hydrogen-bond acceptors (Lipinski definition) is 2. The summed E-state index contributed by atoms with van der Waals surface area (Å²) in [6.45, 7) is 4.69. The topological polar surface area (TPSA) is 41.1 Å². The van der Waals surface area contributed by atoms with E-state index in [1.54, 1.807) is 6.07 Å². The second kappa shape index (κ2) is 7.34. The van der Waals surface area contributed by atoms with Crippen molar-refractivity contribution in [1.29, 1.82) is 0 Å². The molecule has 2 unspecified atom stereocenters. The van der Waals surface area contributed by atoms with Crippen molar-refractivity contribution in [3.05, 3.63) is 35.4 Å². The maximum atomic E-state index is 12.9. The Morgan fingerprint density at radius 2 is 2.13 bits per heavy atom. The van der Waals surface area contributed by atoms with Gasteiger partial charge in [0, 0.05) is 12.5 Å². The average Bonchev–Trinajstić information content (AvgIpc) is 2.96. The first-order valence-electron chi connectivity index (χ1n) is 7.97. The first kappa shape index (κ1) is 17.8. The molecule has 0 spiro atoms. The molecule has 23 heavy (non-hydrogen) atoms. The molecule has 1 amide bonds. The SMILES string of the molecule is CC(C)C(NC(=O)CC1CCCN1)c1cccc(C(F)(F)F)c1. The van der Waals surface area contributed by atoms with Crippen LogP contribution in [-0.2, 0) is 11.0 Å². The van der Waals surface area contributed by atoms with Gasteiger partial charge in [0.25, 0.3) is 0 Å². The fraction of sp³-hybridized carbons (Fsp3) is 0.588. The predicted molar refractivity (Wildman–Crippen MR) is 82.8 cm³/mol. The lowest BCUT2D eigenvalue weighted by molar-refractivity contribution is -0.137. The normalized spacial score (nSPS) is 19.8. The van der Waals surface area contributed by atoms with E-state index in [4.69, 9.17) is 0 Å². The van der Waals surface area contributed by atoms with Crippen LogP contribution in [0, 0.1) is 5.92 Å². The molecule has 0 bridgehead atoms. The van der Waals surface area contributed by atoms with E-state index in [9.17, 15) is 18.0 Å². The highest BCUT2D eigenvalue weighted by Crippen LogP contribution is 2.32. The van der Waals surface area contributed by atoms with Crippen LogP contribution in [0.1, 0.15) is 50.3 Å². The average molecular weight is 328 g/mol. The Labute approximate surface area is 134 Å². The molecule has 1 aromatic rings. The lowest BCUT2D eigenvalue weighted by Gasteiger charge is -2.24. The molecule has 2 rings (SSSR count). The van der Waals surface area contributed by atoms with Gasteiger partial charge in [0.15, 0.2) is 0 Å². The molecule has 1 heterocycles. The van der Waals surface area contributed by atoms with Gasteiger partial charge in [-0.25, -0.2) is 0 Å². The molecule has 0 aromatic heterocycles. The van der Waals surface area contributed by atoms with Crippen LogP contribution >= 0.6 is 0 Å². The maximum absolute atomic E-state index is 12.9. The molecule has 1 fully saturated rings. The van der Waals surface area contributed by atoms with Gasteiger partial charge in [-0.3, -0.25) is 4.79 Å². The van der Waals surface area contributed by atoms with Crippen molar-refractivity contribution in [2.45, 2.75) is 51.4 Å². The summed E-state index contributed by atoms with van der Waals surface area (Å²) in [6, 6.07) is 4.94. The maximum Gasteiger partial charge on any atom is 0.416 e. The van der Waals surface area contributed by atoms with Crippen molar-refractivity contribution in [3.8, 4) is 0 Å². The zero-order valence-corrected chi connectivity index (χ0v) is 13.4. The zero-order chi connectivity index (χ0) is 17.0. The van der Waals surface area contributed by atoms with Crippen LogP contribution in [0.2, 0.25) is 0 Å². The van der Waals surface area contributed by atoms with Crippen LogP contribution < -0.4 is 10.6 Å². The Kier molecular flexibility index (Phi) is 5.68. The third-order valence-electron chi connectivity index (χ3n) is 4.15. The van der Waals surface area contributed by atoms with Gasteiger partial charge in [-0.05, 0) is 43.0 Å². The number of carbonyl (C=O) groups is 1. The number of rotatable bonds is 5. The van der Waals surface area contributed by atoms with Crippen molar-refractivity contribution in [1.82, 2.24) is 10.6 Å². The van der Waals surface area contributed by atoms with Crippen molar-refractivity contribution in [2.75, 3.05) is 6.54 Å². The molecular formula is C17H23F3N2O. The molecule has 0 aliphatic carbocycles. The number of nitrogens with one attached hydrogen (secondary N) is 2. The first-order chi connectivity index (χ1) is 10.8. The molecule has 1 aliphatic heterocycles. The second-order valence-electron chi connectivity index (χ2n) is 6.41. The quantitative estimate of drug-likeness (QED) is 0.866. The number of benzene rings is 1. The molecule has 1 aliphatic rings. The number of amides is 1. The molecule has 3 nitrogen and oxygen atoms in total. The predicted octanol–water partition coefficient (Wildman–Crippen LogP) is 3.66. The fourth-order valence-corrected chi connectivity index (χ4v) is 2.93. The summed E-state index contributed by atoms with van der Waals surface area (Å²) < 4.78 is 38.6. The highest BCUT2D eigenvalue weighted by atomic mass is 19.4. The standard InChI is InChI=1S/C17H23F3N2O/c1-11(2)16(22-15(23)10-14-7-4-8-21-14)12-5-3-6-13(9-12)17(18,19)20/h3,5-6,9,11,14,16,21H,4,7-8,10H2,1-2H3,(H,22,23). The lowest BCUT2D eigenvalue weighted by atomic mass is 9.94. The lowest BCUT2D eigenvalue weighted by Crippen LogP contribution is -2.36.